The van der Waals surface area contributed by atoms with Crippen LogP contribution in [0.15, 0.2) is 36.5 Å². The Hall–Kier alpha value is -2.37. The summed E-state index contributed by atoms with van der Waals surface area (Å²) in [5.41, 5.74) is 6.43. The highest BCUT2D eigenvalue weighted by molar-refractivity contribution is 5.75. The Labute approximate surface area is 110 Å². The van der Waals surface area contributed by atoms with Crippen LogP contribution in [0.5, 0.6) is 0 Å². The molecule has 2 rings (SSSR count). The number of carbonyl (C=O) groups is 1. The van der Waals surface area contributed by atoms with E-state index in [1.54, 1.807) is 24.4 Å². The molecule has 0 spiro atoms. The number of nitrogens with two attached hydrogens (primary N) is 1. The summed E-state index contributed by atoms with van der Waals surface area (Å²) in [4.78, 5) is 11.6. The predicted molar refractivity (Wildman–Crippen MR) is 69.8 cm³/mol. The van der Waals surface area contributed by atoms with Gasteiger partial charge in [0.1, 0.15) is 18.2 Å². The number of nitrogens with zero attached hydrogens (tertiary/aromatic N) is 2. The summed E-state index contributed by atoms with van der Waals surface area (Å²) < 4.78 is 14.2. The highest BCUT2D eigenvalue weighted by Gasteiger charge is 2.03. The van der Waals surface area contributed by atoms with E-state index in [9.17, 15) is 9.18 Å². The van der Waals surface area contributed by atoms with Gasteiger partial charge in [-0.2, -0.15) is 5.10 Å². The van der Waals surface area contributed by atoms with Crippen LogP contribution in [0.25, 0.3) is 0 Å². The number of hydrogen-bond donors (Lipinski definition) is 2. The maximum Gasteiger partial charge on any atom is 0.241 e. The largest absolute Gasteiger partial charge is 0.382 e. The van der Waals surface area contributed by atoms with E-state index >= 15 is 0 Å². The summed E-state index contributed by atoms with van der Waals surface area (Å²) in [5.74, 6) is -0.00613. The molecule has 0 aliphatic rings. The van der Waals surface area contributed by atoms with Crippen LogP contribution < -0.4 is 11.1 Å². The summed E-state index contributed by atoms with van der Waals surface area (Å²) in [7, 11) is 0. The number of aromatic nitrogens is 2. The van der Waals surface area contributed by atoms with Crippen LogP contribution in [0.1, 0.15) is 5.56 Å². The van der Waals surface area contributed by atoms with Crippen molar-refractivity contribution in [1.82, 2.24) is 15.1 Å². The van der Waals surface area contributed by atoms with Gasteiger partial charge < -0.3 is 11.1 Å². The fourth-order valence-corrected chi connectivity index (χ4v) is 1.67. The van der Waals surface area contributed by atoms with Gasteiger partial charge in [-0.25, -0.2) is 4.39 Å². The standard InChI is InChI=1S/C13H15FN4O/c14-11-3-1-10(2-4-11)5-7-16-13(19)9-18-8-6-12(15)17-18/h1-4,6,8H,5,7,9H2,(H2,15,17)(H,16,19). The third kappa shape index (κ3) is 4.09. The zero-order valence-corrected chi connectivity index (χ0v) is 10.3. The highest BCUT2D eigenvalue weighted by Crippen LogP contribution is 2.02. The number of benzene rings is 1. The van der Waals surface area contributed by atoms with Gasteiger partial charge in [0.05, 0.1) is 0 Å². The average molecular weight is 262 g/mol. The first-order chi connectivity index (χ1) is 9.13. The van der Waals surface area contributed by atoms with Crippen molar-refractivity contribution in [1.29, 1.82) is 0 Å². The van der Waals surface area contributed by atoms with E-state index in [4.69, 9.17) is 5.73 Å². The normalized spacial score (nSPS) is 10.4. The number of anilines is 1. The molecule has 0 unspecified atom stereocenters. The molecule has 100 valence electrons. The second kappa shape index (κ2) is 5.99. The molecule has 19 heavy (non-hydrogen) atoms. The summed E-state index contributed by atoms with van der Waals surface area (Å²) in [6.07, 6.45) is 2.31. The molecule has 0 radical (unpaired) electrons. The van der Waals surface area contributed by atoms with Crippen molar-refractivity contribution >= 4 is 11.7 Å². The predicted octanol–water partition coefficient (Wildman–Crippen LogP) is 0.963. The van der Waals surface area contributed by atoms with Crippen molar-refractivity contribution in [2.75, 3.05) is 12.3 Å². The van der Waals surface area contributed by atoms with Gasteiger partial charge in [-0.15, -0.1) is 0 Å². The molecule has 1 amide bonds. The van der Waals surface area contributed by atoms with Gasteiger partial charge in [-0.1, -0.05) is 12.1 Å². The van der Waals surface area contributed by atoms with Crippen LogP contribution in [0.3, 0.4) is 0 Å². The second-order valence-corrected chi connectivity index (χ2v) is 4.16. The molecule has 1 aromatic heterocycles. The molecule has 0 bridgehead atoms. The Morgan fingerprint density at radius 1 is 1.32 bits per heavy atom. The van der Waals surface area contributed by atoms with E-state index in [1.165, 1.54) is 16.8 Å². The minimum atomic E-state index is -0.260. The van der Waals surface area contributed by atoms with E-state index in [0.717, 1.165) is 5.56 Å². The third-order valence-electron chi connectivity index (χ3n) is 2.62. The topological polar surface area (TPSA) is 72.9 Å². The lowest BCUT2D eigenvalue weighted by Gasteiger charge is -2.05. The molecule has 0 saturated heterocycles. The molecule has 3 N–H and O–H groups in total. The maximum atomic E-state index is 12.7. The van der Waals surface area contributed by atoms with Gasteiger partial charge in [0.2, 0.25) is 5.91 Å². The van der Waals surface area contributed by atoms with Crippen LogP contribution in [-0.2, 0) is 17.8 Å². The Morgan fingerprint density at radius 2 is 2.05 bits per heavy atom. The Kier molecular flexibility index (Phi) is 4.12. The third-order valence-corrected chi connectivity index (χ3v) is 2.62. The molecule has 6 heteroatoms. The number of halogens is 1. The summed E-state index contributed by atoms with van der Waals surface area (Å²) >= 11 is 0. The van der Waals surface area contributed by atoms with E-state index in [2.05, 4.69) is 10.4 Å². The quantitative estimate of drug-likeness (QED) is 0.843. The van der Waals surface area contributed by atoms with Crippen molar-refractivity contribution in [3.8, 4) is 0 Å². The molecule has 0 aliphatic carbocycles. The molecule has 1 heterocycles. The minimum absolute atomic E-state index is 0.134. The number of carbonyl (C=O) groups excluding carboxylic acids is 1. The first-order valence-corrected chi connectivity index (χ1v) is 5.93. The average Bonchev–Trinajstić information content (AvgIpc) is 2.77. The molecule has 5 nitrogen and oxygen atoms in total. The van der Waals surface area contributed by atoms with Crippen LogP contribution >= 0.6 is 0 Å². The molecular weight excluding hydrogens is 247 g/mol. The van der Waals surface area contributed by atoms with Gasteiger partial charge in [0, 0.05) is 12.7 Å². The van der Waals surface area contributed by atoms with E-state index in [1.807, 2.05) is 0 Å². The Bertz CT molecular complexity index is 550. The molecule has 0 aliphatic heterocycles. The Balaban J connectivity index is 1.73. The number of nitrogen functional groups attached to an aromatic ring is 1. The zero-order valence-electron chi connectivity index (χ0n) is 10.3. The van der Waals surface area contributed by atoms with Crippen molar-refractivity contribution < 1.29 is 9.18 Å². The van der Waals surface area contributed by atoms with Crippen LogP contribution in [-0.4, -0.2) is 22.2 Å². The van der Waals surface area contributed by atoms with Crippen molar-refractivity contribution in [2.24, 2.45) is 0 Å². The van der Waals surface area contributed by atoms with E-state index in [-0.39, 0.29) is 18.3 Å². The molecule has 0 fully saturated rings. The lowest BCUT2D eigenvalue weighted by atomic mass is 10.1. The molecular formula is C13H15FN4O. The van der Waals surface area contributed by atoms with E-state index < -0.39 is 0 Å². The van der Waals surface area contributed by atoms with Crippen molar-refractivity contribution in [3.05, 3.63) is 47.9 Å². The first-order valence-electron chi connectivity index (χ1n) is 5.93. The molecule has 1 aromatic carbocycles. The fraction of sp³-hybridized carbons (Fsp3) is 0.231. The highest BCUT2D eigenvalue weighted by atomic mass is 19.1. The van der Waals surface area contributed by atoms with E-state index in [0.29, 0.717) is 18.8 Å². The number of amides is 1. The molecule has 0 atom stereocenters. The maximum absolute atomic E-state index is 12.7. The summed E-state index contributed by atoms with van der Waals surface area (Å²) in [6, 6.07) is 7.85. The van der Waals surface area contributed by atoms with Crippen LogP contribution in [0.4, 0.5) is 10.2 Å². The number of rotatable bonds is 5. The van der Waals surface area contributed by atoms with Gasteiger partial charge in [0.25, 0.3) is 0 Å². The van der Waals surface area contributed by atoms with Crippen molar-refractivity contribution in [2.45, 2.75) is 13.0 Å². The minimum Gasteiger partial charge on any atom is -0.382 e. The van der Waals surface area contributed by atoms with Gasteiger partial charge in [0.15, 0.2) is 0 Å². The summed E-state index contributed by atoms with van der Waals surface area (Å²) in [5, 5.41) is 6.69. The second-order valence-electron chi connectivity index (χ2n) is 4.16. The Morgan fingerprint density at radius 3 is 2.68 bits per heavy atom. The summed E-state index contributed by atoms with van der Waals surface area (Å²) in [6.45, 7) is 0.641. The van der Waals surface area contributed by atoms with Gasteiger partial charge >= 0.3 is 0 Å². The molecule has 0 saturated carbocycles. The number of nitrogens with one attached hydrogen (secondary N) is 1. The SMILES string of the molecule is Nc1ccn(CC(=O)NCCc2ccc(F)cc2)n1. The van der Waals surface area contributed by atoms with Crippen LogP contribution in [0.2, 0.25) is 0 Å². The van der Waals surface area contributed by atoms with Gasteiger partial charge in [-0.05, 0) is 30.2 Å². The zero-order chi connectivity index (χ0) is 13.7. The van der Waals surface area contributed by atoms with Crippen LogP contribution in [0, 0.1) is 5.82 Å². The molecule has 2 aromatic rings. The lowest BCUT2D eigenvalue weighted by Crippen LogP contribution is -2.29. The van der Waals surface area contributed by atoms with Crippen molar-refractivity contribution in [3.63, 3.8) is 0 Å². The lowest BCUT2D eigenvalue weighted by molar-refractivity contribution is -0.121. The first kappa shape index (κ1) is 13.1. The van der Waals surface area contributed by atoms with Gasteiger partial charge in [-0.3, -0.25) is 9.48 Å². The fourth-order valence-electron chi connectivity index (χ4n) is 1.67. The smallest absolute Gasteiger partial charge is 0.241 e. The monoisotopic (exact) mass is 262 g/mol. The number of hydrogen-bond acceptors (Lipinski definition) is 3.